The molecule has 0 saturated carbocycles. The monoisotopic (exact) mass is 515 g/mol. The van der Waals surface area contributed by atoms with Crippen LogP contribution < -0.4 is 0 Å². The molecule has 39 heavy (non-hydrogen) atoms. The van der Waals surface area contributed by atoms with Crippen LogP contribution in [0.15, 0.2) is 127 Å². The number of thiophene rings is 1. The highest BCUT2D eigenvalue weighted by atomic mass is 32.1. The maximum absolute atomic E-state index is 4.96. The van der Waals surface area contributed by atoms with Crippen molar-refractivity contribution in [3.05, 3.63) is 127 Å². The molecule has 8 rings (SSSR count). The summed E-state index contributed by atoms with van der Waals surface area (Å²) in [4.78, 5) is 14.8. The predicted octanol–water partition coefficient (Wildman–Crippen LogP) is 9.55. The Balaban J connectivity index is 1.40. The van der Waals surface area contributed by atoms with Crippen molar-refractivity contribution in [1.82, 2.24) is 15.0 Å². The Labute approximate surface area is 229 Å². The zero-order valence-corrected chi connectivity index (χ0v) is 21.7. The van der Waals surface area contributed by atoms with E-state index in [2.05, 4.69) is 66.7 Å². The zero-order chi connectivity index (χ0) is 25.8. The van der Waals surface area contributed by atoms with E-state index in [0.29, 0.717) is 17.5 Å². The molecule has 0 amide bonds. The third-order valence-corrected chi connectivity index (χ3v) is 8.51. The van der Waals surface area contributed by atoms with Crippen molar-refractivity contribution in [2.45, 2.75) is 0 Å². The summed E-state index contributed by atoms with van der Waals surface area (Å²) in [6, 6.07) is 44.4. The molecule has 3 nitrogen and oxygen atoms in total. The van der Waals surface area contributed by atoms with Crippen molar-refractivity contribution in [1.29, 1.82) is 0 Å². The molecule has 182 valence electrons. The van der Waals surface area contributed by atoms with Gasteiger partial charge >= 0.3 is 0 Å². The molecule has 4 heteroatoms. The van der Waals surface area contributed by atoms with Gasteiger partial charge in [-0.15, -0.1) is 11.3 Å². The summed E-state index contributed by atoms with van der Waals surface area (Å²) in [6.45, 7) is 0. The van der Waals surface area contributed by atoms with Crippen LogP contribution in [0.4, 0.5) is 0 Å². The Morgan fingerprint density at radius 1 is 0.410 bits per heavy atom. The van der Waals surface area contributed by atoms with Gasteiger partial charge in [-0.05, 0) is 28.3 Å². The van der Waals surface area contributed by atoms with Gasteiger partial charge in [0.25, 0.3) is 0 Å². The van der Waals surface area contributed by atoms with Gasteiger partial charge in [-0.25, -0.2) is 15.0 Å². The van der Waals surface area contributed by atoms with E-state index in [-0.39, 0.29) is 0 Å². The largest absolute Gasteiger partial charge is 0.208 e. The number of nitrogens with zero attached hydrogens (tertiary/aromatic N) is 3. The molecule has 0 N–H and O–H groups in total. The summed E-state index contributed by atoms with van der Waals surface area (Å²) in [6.07, 6.45) is 0. The van der Waals surface area contributed by atoms with Crippen molar-refractivity contribution in [2.75, 3.05) is 0 Å². The van der Waals surface area contributed by atoms with Gasteiger partial charge in [0.05, 0.1) is 0 Å². The molecule has 0 aliphatic carbocycles. The van der Waals surface area contributed by atoms with E-state index in [4.69, 9.17) is 15.0 Å². The molecule has 8 aromatic rings. The Morgan fingerprint density at radius 3 is 1.69 bits per heavy atom. The van der Waals surface area contributed by atoms with Gasteiger partial charge in [0.1, 0.15) is 0 Å². The first-order chi connectivity index (χ1) is 19.3. The fourth-order valence-corrected chi connectivity index (χ4v) is 6.67. The van der Waals surface area contributed by atoms with Crippen molar-refractivity contribution >= 4 is 53.1 Å². The smallest absolute Gasteiger partial charge is 0.164 e. The van der Waals surface area contributed by atoms with Crippen LogP contribution in [0, 0.1) is 0 Å². The normalized spacial score (nSPS) is 11.6. The first kappa shape index (κ1) is 22.1. The average molecular weight is 516 g/mol. The lowest BCUT2D eigenvalue weighted by molar-refractivity contribution is 1.07. The SMILES string of the molecule is c1ccc(-c2nc(-c3ccccc3)nc(-c3ccc4ccc5ccc6c7ccccc7sc6c5c4c3)n2)cc1. The minimum Gasteiger partial charge on any atom is -0.208 e. The quantitative estimate of drug-likeness (QED) is 0.220. The number of benzene rings is 6. The third-order valence-electron chi connectivity index (χ3n) is 7.30. The molecule has 0 aliphatic rings. The van der Waals surface area contributed by atoms with Crippen LogP contribution in [0.2, 0.25) is 0 Å². The van der Waals surface area contributed by atoms with Crippen LogP contribution in [0.5, 0.6) is 0 Å². The standard InChI is InChI=1S/C35H21N3S/c1-3-9-24(10-4-1)33-36-34(25-11-5-2-6-12-25)38-35(37-33)26-18-16-22-15-17-23-19-20-28-27-13-7-8-14-30(27)39-32(28)31(23)29(22)21-26/h1-21H. The van der Waals surface area contributed by atoms with Crippen LogP contribution >= 0.6 is 11.3 Å². The van der Waals surface area contributed by atoms with Gasteiger partial charge < -0.3 is 0 Å². The maximum Gasteiger partial charge on any atom is 0.164 e. The van der Waals surface area contributed by atoms with Crippen LogP contribution in [0.1, 0.15) is 0 Å². The molecular formula is C35H21N3S. The molecule has 2 aromatic heterocycles. The highest BCUT2D eigenvalue weighted by molar-refractivity contribution is 7.26. The fourth-order valence-electron chi connectivity index (χ4n) is 5.40. The predicted molar refractivity (Wildman–Crippen MR) is 164 cm³/mol. The van der Waals surface area contributed by atoms with Crippen molar-refractivity contribution in [3.8, 4) is 34.2 Å². The van der Waals surface area contributed by atoms with Crippen LogP contribution in [-0.4, -0.2) is 15.0 Å². The Morgan fingerprint density at radius 2 is 0.974 bits per heavy atom. The molecule has 0 unspecified atom stereocenters. The Kier molecular flexibility index (Phi) is 5.00. The topological polar surface area (TPSA) is 38.7 Å². The van der Waals surface area contributed by atoms with E-state index in [1.165, 1.54) is 41.7 Å². The molecule has 0 spiro atoms. The summed E-state index contributed by atoms with van der Waals surface area (Å²) in [7, 11) is 0. The number of fused-ring (bicyclic) bond motifs is 7. The van der Waals surface area contributed by atoms with E-state index in [9.17, 15) is 0 Å². The highest BCUT2D eigenvalue weighted by Gasteiger charge is 2.15. The molecule has 2 heterocycles. The van der Waals surface area contributed by atoms with E-state index in [1.807, 2.05) is 72.0 Å². The highest BCUT2D eigenvalue weighted by Crippen LogP contribution is 2.41. The summed E-state index contributed by atoms with van der Waals surface area (Å²) in [5.41, 5.74) is 2.91. The molecule has 6 aromatic carbocycles. The Hall–Kier alpha value is -4.93. The second kappa shape index (κ2) is 8.83. The fraction of sp³-hybridized carbons (Fsp3) is 0. The number of aromatic nitrogens is 3. The Bertz CT molecular complexity index is 2110. The van der Waals surface area contributed by atoms with Gasteiger partial charge in [-0.3, -0.25) is 0 Å². The van der Waals surface area contributed by atoms with Crippen LogP contribution in [0.3, 0.4) is 0 Å². The molecule has 0 radical (unpaired) electrons. The minimum absolute atomic E-state index is 0.671. The summed E-state index contributed by atoms with van der Waals surface area (Å²) in [5.74, 6) is 2.01. The van der Waals surface area contributed by atoms with Gasteiger partial charge in [0, 0.05) is 42.2 Å². The van der Waals surface area contributed by atoms with Crippen LogP contribution in [-0.2, 0) is 0 Å². The molecule has 0 aliphatic heterocycles. The molecule has 0 fully saturated rings. The summed E-state index contributed by atoms with van der Waals surface area (Å²) in [5, 5.41) is 7.56. The number of hydrogen-bond acceptors (Lipinski definition) is 4. The van der Waals surface area contributed by atoms with Gasteiger partial charge in [-0.2, -0.15) is 0 Å². The van der Waals surface area contributed by atoms with Crippen molar-refractivity contribution < 1.29 is 0 Å². The zero-order valence-electron chi connectivity index (χ0n) is 20.9. The van der Waals surface area contributed by atoms with E-state index in [1.54, 1.807) is 0 Å². The third kappa shape index (κ3) is 3.69. The molecule has 0 saturated heterocycles. The molecule has 0 bridgehead atoms. The van der Waals surface area contributed by atoms with Crippen molar-refractivity contribution in [3.63, 3.8) is 0 Å². The maximum atomic E-state index is 4.96. The second-order valence-electron chi connectivity index (χ2n) is 9.68. The summed E-state index contributed by atoms with van der Waals surface area (Å²) < 4.78 is 2.63. The van der Waals surface area contributed by atoms with E-state index >= 15 is 0 Å². The lowest BCUT2D eigenvalue weighted by atomic mass is 9.98. The van der Waals surface area contributed by atoms with Gasteiger partial charge in [-0.1, -0.05) is 115 Å². The number of rotatable bonds is 3. The first-order valence-corrected chi connectivity index (χ1v) is 13.8. The van der Waals surface area contributed by atoms with Crippen molar-refractivity contribution in [2.24, 2.45) is 0 Å². The lowest BCUT2D eigenvalue weighted by Gasteiger charge is -2.10. The van der Waals surface area contributed by atoms with Gasteiger partial charge in [0.15, 0.2) is 17.5 Å². The minimum atomic E-state index is 0.671. The second-order valence-corrected chi connectivity index (χ2v) is 10.7. The van der Waals surface area contributed by atoms with Crippen LogP contribution in [0.25, 0.3) is 75.9 Å². The number of hydrogen-bond donors (Lipinski definition) is 0. The molecule has 0 atom stereocenters. The van der Waals surface area contributed by atoms with E-state index < -0.39 is 0 Å². The summed E-state index contributed by atoms with van der Waals surface area (Å²) >= 11 is 1.87. The van der Waals surface area contributed by atoms with E-state index in [0.717, 1.165) is 16.7 Å². The molecular weight excluding hydrogens is 494 g/mol. The first-order valence-electron chi connectivity index (χ1n) is 13.0. The average Bonchev–Trinajstić information content (AvgIpc) is 3.40. The lowest BCUT2D eigenvalue weighted by Crippen LogP contribution is -2.00. The van der Waals surface area contributed by atoms with Gasteiger partial charge in [0.2, 0.25) is 0 Å².